The van der Waals surface area contributed by atoms with Gasteiger partial charge in [-0.1, -0.05) is 35.9 Å². The highest BCUT2D eigenvalue weighted by molar-refractivity contribution is 6.33. The highest BCUT2D eigenvalue weighted by Gasteiger charge is 2.33. The molecule has 0 unspecified atom stereocenters. The number of aromatic nitrogens is 1. The van der Waals surface area contributed by atoms with Crippen molar-refractivity contribution in [1.29, 1.82) is 0 Å². The second kappa shape index (κ2) is 8.37. The zero-order valence-corrected chi connectivity index (χ0v) is 18.5. The molecule has 0 saturated heterocycles. The lowest BCUT2D eigenvalue weighted by atomic mass is 10.0. The first kappa shape index (κ1) is 21.2. The van der Waals surface area contributed by atoms with Crippen molar-refractivity contribution in [2.75, 3.05) is 5.32 Å². The van der Waals surface area contributed by atoms with Gasteiger partial charge in [0.2, 0.25) is 0 Å². The smallest absolute Gasteiger partial charge is 0.318 e. The lowest BCUT2D eigenvalue weighted by Gasteiger charge is -2.31. The molecule has 5 rings (SSSR count). The predicted molar refractivity (Wildman–Crippen MR) is 125 cm³/mol. The number of aryl methyl sites for hydroxylation is 1. The first-order chi connectivity index (χ1) is 15.9. The number of carbonyl (C=O) groups is 1. The lowest BCUT2D eigenvalue weighted by Crippen LogP contribution is -2.38. The topological polar surface area (TPSA) is 37.3 Å². The number of nitrogens with one attached hydrogen (secondary N) is 1. The molecule has 1 aromatic heterocycles. The van der Waals surface area contributed by atoms with E-state index in [1.807, 2.05) is 60.2 Å². The van der Waals surface area contributed by atoms with E-state index < -0.39 is 23.7 Å². The van der Waals surface area contributed by atoms with E-state index in [0.29, 0.717) is 16.3 Å². The predicted octanol–water partition coefficient (Wildman–Crippen LogP) is 6.85. The third kappa shape index (κ3) is 3.98. The zero-order chi connectivity index (χ0) is 23.1. The fourth-order valence-corrected chi connectivity index (χ4v) is 4.61. The Morgan fingerprint density at radius 2 is 1.76 bits per heavy atom. The summed E-state index contributed by atoms with van der Waals surface area (Å²) in [7, 11) is 0. The zero-order valence-electron chi connectivity index (χ0n) is 17.7. The van der Waals surface area contributed by atoms with Crippen molar-refractivity contribution in [2.45, 2.75) is 19.5 Å². The Bertz CT molecular complexity index is 1350. The Morgan fingerprint density at radius 3 is 2.52 bits per heavy atom. The minimum Gasteiger partial charge on any atom is -0.318 e. The number of halogens is 3. The van der Waals surface area contributed by atoms with E-state index in [1.165, 1.54) is 12.1 Å². The molecule has 4 aromatic rings. The van der Waals surface area contributed by atoms with E-state index in [1.54, 1.807) is 17.0 Å². The molecule has 33 heavy (non-hydrogen) atoms. The Morgan fingerprint density at radius 1 is 1.00 bits per heavy atom. The summed E-state index contributed by atoms with van der Waals surface area (Å²) >= 11 is 6.35. The minimum atomic E-state index is -0.734. The number of hydrogen-bond donors (Lipinski definition) is 1. The van der Waals surface area contributed by atoms with Crippen LogP contribution in [0, 0.1) is 18.6 Å². The van der Waals surface area contributed by atoms with Crippen molar-refractivity contribution < 1.29 is 13.6 Å². The molecular weight excluding hydrogens is 444 g/mol. The fraction of sp³-hybridized carbons (Fsp3) is 0.115. The molecule has 1 aliphatic heterocycles. The van der Waals surface area contributed by atoms with Crippen LogP contribution < -0.4 is 5.32 Å². The van der Waals surface area contributed by atoms with Gasteiger partial charge in [-0.25, -0.2) is 13.6 Å². The monoisotopic (exact) mass is 463 g/mol. The van der Waals surface area contributed by atoms with E-state index >= 15 is 0 Å². The third-order valence-electron chi connectivity index (χ3n) is 5.79. The van der Waals surface area contributed by atoms with Crippen LogP contribution in [0.4, 0.5) is 19.3 Å². The van der Waals surface area contributed by atoms with E-state index in [2.05, 4.69) is 5.32 Å². The van der Waals surface area contributed by atoms with Gasteiger partial charge in [-0.05, 0) is 66.1 Å². The number of urea groups is 1. The number of anilines is 1. The molecule has 2 amide bonds. The van der Waals surface area contributed by atoms with Crippen molar-refractivity contribution in [3.63, 3.8) is 0 Å². The number of fused-ring (bicyclic) bond motifs is 3. The molecule has 3 aromatic carbocycles. The second-order valence-corrected chi connectivity index (χ2v) is 8.49. The Balaban J connectivity index is 1.65. The molecular formula is C26H20ClF2N3O. The summed E-state index contributed by atoms with van der Waals surface area (Å²) in [6, 6.07) is 19.0. The highest BCUT2D eigenvalue weighted by Crippen LogP contribution is 2.37. The number of nitrogens with zero attached hydrogens (tertiary/aromatic N) is 2. The number of hydrogen-bond acceptors (Lipinski definition) is 1. The van der Waals surface area contributed by atoms with Crippen molar-refractivity contribution in [3.05, 3.63) is 118 Å². The van der Waals surface area contributed by atoms with E-state index in [9.17, 15) is 13.6 Å². The molecule has 1 N–H and O–H groups in total. The van der Waals surface area contributed by atoms with Crippen LogP contribution in [0.15, 0.2) is 79.0 Å². The SMILES string of the molecule is Cc1ccc(NC(=O)N2Cc3ccccc3-n3cccc3[C@@H]2c2cc(F)cc(F)c2)c(Cl)c1. The van der Waals surface area contributed by atoms with Gasteiger partial charge in [0.1, 0.15) is 11.6 Å². The Kier molecular flexibility index (Phi) is 5.38. The van der Waals surface area contributed by atoms with Crippen LogP contribution in [0.25, 0.3) is 5.69 Å². The summed E-state index contributed by atoms with van der Waals surface area (Å²) < 4.78 is 30.4. The second-order valence-electron chi connectivity index (χ2n) is 8.08. The molecule has 4 nitrogen and oxygen atoms in total. The minimum absolute atomic E-state index is 0.232. The van der Waals surface area contributed by atoms with Gasteiger partial charge in [-0.3, -0.25) is 0 Å². The average molecular weight is 464 g/mol. The first-order valence-corrected chi connectivity index (χ1v) is 10.8. The highest BCUT2D eigenvalue weighted by atomic mass is 35.5. The largest absolute Gasteiger partial charge is 0.323 e. The van der Waals surface area contributed by atoms with Crippen LogP contribution in [-0.2, 0) is 6.54 Å². The lowest BCUT2D eigenvalue weighted by molar-refractivity contribution is 0.194. The molecule has 1 atom stereocenters. The maximum absolute atomic E-state index is 14.2. The molecule has 1 aliphatic rings. The number of carbonyl (C=O) groups excluding carboxylic acids is 1. The van der Waals surface area contributed by atoms with Crippen LogP contribution >= 0.6 is 11.6 Å². The molecule has 0 bridgehead atoms. The molecule has 0 aliphatic carbocycles. The number of benzene rings is 3. The first-order valence-electron chi connectivity index (χ1n) is 10.5. The molecule has 0 fully saturated rings. The molecule has 0 saturated carbocycles. The molecule has 2 heterocycles. The van der Waals surface area contributed by atoms with Gasteiger partial charge >= 0.3 is 6.03 Å². The van der Waals surface area contributed by atoms with Crippen LogP contribution in [0.5, 0.6) is 0 Å². The van der Waals surface area contributed by atoms with E-state index in [4.69, 9.17) is 11.6 Å². The summed E-state index contributed by atoms with van der Waals surface area (Å²) in [5, 5.41) is 3.29. The maximum Gasteiger partial charge on any atom is 0.323 e. The average Bonchev–Trinajstić information content (AvgIpc) is 3.19. The van der Waals surface area contributed by atoms with Crippen LogP contribution in [0.3, 0.4) is 0 Å². The van der Waals surface area contributed by atoms with E-state index in [0.717, 1.165) is 28.6 Å². The maximum atomic E-state index is 14.2. The normalized spacial score (nSPS) is 14.9. The van der Waals surface area contributed by atoms with Crippen molar-refractivity contribution in [3.8, 4) is 5.69 Å². The van der Waals surface area contributed by atoms with Gasteiger partial charge in [-0.15, -0.1) is 0 Å². The van der Waals surface area contributed by atoms with Crippen molar-refractivity contribution in [2.24, 2.45) is 0 Å². The summed E-state index contributed by atoms with van der Waals surface area (Å²) in [5.41, 5.74) is 4.29. The molecule has 7 heteroatoms. The number of amides is 2. The molecule has 0 spiro atoms. The van der Waals surface area contributed by atoms with Gasteiger partial charge in [0.15, 0.2) is 0 Å². The van der Waals surface area contributed by atoms with Gasteiger partial charge in [-0.2, -0.15) is 0 Å². The third-order valence-corrected chi connectivity index (χ3v) is 6.10. The number of para-hydroxylation sites is 1. The van der Waals surface area contributed by atoms with Gasteiger partial charge < -0.3 is 14.8 Å². The summed E-state index contributed by atoms with van der Waals surface area (Å²) in [4.78, 5) is 15.2. The molecule has 166 valence electrons. The Hall–Kier alpha value is -3.64. The van der Waals surface area contributed by atoms with Crippen LogP contribution in [0.2, 0.25) is 5.02 Å². The van der Waals surface area contributed by atoms with Crippen LogP contribution in [-0.4, -0.2) is 15.5 Å². The van der Waals surface area contributed by atoms with Crippen molar-refractivity contribution in [1.82, 2.24) is 9.47 Å². The summed E-state index contributed by atoms with van der Waals surface area (Å²) in [6.07, 6.45) is 1.88. The molecule has 0 radical (unpaired) electrons. The quantitative estimate of drug-likeness (QED) is 0.346. The van der Waals surface area contributed by atoms with Gasteiger partial charge in [0.05, 0.1) is 29.0 Å². The Labute approximate surface area is 195 Å². The van der Waals surface area contributed by atoms with Gasteiger partial charge in [0.25, 0.3) is 0 Å². The van der Waals surface area contributed by atoms with Crippen LogP contribution in [0.1, 0.15) is 28.4 Å². The standard InChI is InChI=1S/C26H20ClF2N3O/c1-16-8-9-22(21(27)11-16)30-26(33)32-15-17-5-2-3-6-23(17)31-10-4-7-24(31)25(32)18-12-19(28)14-20(29)13-18/h2-14,25H,15H2,1H3,(H,30,33)/t25-/m0/s1. The summed E-state index contributed by atoms with van der Waals surface area (Å²) in [5.74, 6) is -1.40. The van der Waals surface area contributed by atoms with E-state index in [-0.39, 0.29) is 6.54 Å². The van der Waals surface area contributed by atoms with Gasteiger partial charge in [0, 0.05) is 18.0 Å². The number of rotatable bonds is 2. The summed E-state index contributed by atoms with van der Waals surface area (Å²) in [6.45, 7) is 2.14. The fourth-order valence-electron chi connectivity index (χ4n) is 4.33. The van der Waals surface area contributed by atoms with Crippen molar-refractivity contribution >= 4 is 23.3 Å².